The van der Waals surface area contributed by atoms with E-state index >= 15 is 0 Å². The van der Waals surface area contributed by atoms with Crippen molar-refractivity contribution in [3.05, 3.63) is 65.5 Å². The fourth-order valence-corrected chi connectivity index (χ4v) is 3.93. The number of benzene rings is 1. The Morgan fingerprint density at radius 1 is 1.00 bits per heavy atom. The van der Waals surface area contributed by atoms with Crippen LogP contribution in [-0.4, -0.2) is 59.6 Å². The van der Waals surface area contributed by atoms with Crippen LogP contribution in [-0.2, 0) is 9.53 Å². The minimum Gasteiger partial charge on any atom is -0.394 e. The lowest BCUT2D eigenvalue weighted by Crippen LogP contribution is -2.48. The third-order valence-corrected chi connectivity index (χ3v) is 5.94. The van der Waals surface area contributed by atoms with Gasteiger partial charge >= 0.3 is 0 Å². The Labute approximate surface area is 200 Å². The van der Waals surface area contributed by atoms with Crippen LogP contribution in [0.2, 0.25) is 0 Å². The van der Waals surface area contributed by atoms with Crippen LogP contribution in [0.15, 0.2) is 48.8 Å². The molecule has 34 heavy (non-hydrogen) atoms. The number of nitrogens with one attached hydrogen (secondary N) is 2. The number of pyridine rings is 1. The van der Waals surface area contributed by atoms with Crippen molar-refractivity contribution in [2.45, 2.75) is 57.1 Å². The van der Waals surface area contributed by atoms with Gasteiger partial charge in [-0.15, -0.1) is 0 Å². The lowest BCUT2D eigenvalue weighted by molar-refractivity contribution is -0.123. The first-order valence-corrected chi connectivity index (χ1v) is 11.9. The first-order valence-electron chi connectivity index (χ1n) is 11.9. The highest BCUT2D eigenvalue weighted by atomic mass is 16.5. The molecule has 1 atom stereocenters. The average molecular weight is 468 g/mol. The Hall–Kier alpha value is -2.94. The van der Waals surface area contributed by atoms with E-state index < -0.39 is 24.5 Å². The summed E-state index contributed by atoms with van der Waals surface area (Å²) in [6.07, 6.45) is 11.2. The van der Waals surface area contributed by atoms with Gasteiger partial charge in [-0.1, -0.05) is 31.4 Å². The number of amides is 2. The molecular weight excluding hydrogens is 434 g/mol. The SMILES string of the molecule is O=C(NC(=O)[C@H](CO)NCCCCOC1CCCCC1)c1ccc(C(=O)c2cccnc2)cc1. The predicted molar refractivity (Wildman–Crippen MR) is 128 cm³/mol. The van der Waals surface area contributed by atoms with Crippen molar-refractivity contribution in [1.29, 1.82) is 0 Å². The van der Waals surface area contributed by atoms with Crippen LogP contribution < -0.4 is 10.6 Å². The average Bonchev–Trinajstić information content (AvgIpc) is 2.89. The smallest absolute Gasteiger partial charge is 0.257 e. The molecule has 182 valence electrons. The fourth-order valence-electron chi connectivity index (χ4n) is 3.93. The van der Waals surface area contributed by atoms with Crippen LogP contribution in [0.4, 0.5) is 0 Å². The van der Waals surface area contributed by atoms with Gasteiger partial charge in [0.05, 0.1) is 12.7 Å². The van der Waals surface area contributed by atoms with Crippen molar-refractivity contribution in [1.82, 2.24) is 15.6 Å². The summed E-state index contributed by atoms with van der Waals surface area (Å²) >= 11 is 0. The lowest BCUT2D eigenvalue weighted by atomic mass is 9.98. The number of imide groups is 1. The summed E-state index contributed by atoms with van der Waals surface area (Å²) in [6, 6.07) is 8.50. The number of carbonyl (C=O) groups excluding carboxylic acids is 3. The van der Waals surface area contributed by atoms with E-state index in [2.05, 4.69) is 15.6 Å². The van der Waals surface area contributed by atoms with Crippen molar-refractivity contribution in [3.8, 4) is 0 Å². The van der Waals surface area contributed by atoms with E-state index in [9.17, 15) is 19.5 Å². The number of carbonyl (C=O) groups is 3. The molecule has 0 bridgehead atoms. The van der Waals surface area contributed by atoms with Gasteiger partial charge in [-0.25, -0.2) is 0 Å². The van der Waals surface area contributed by atoms with Crippen molar-refractivity contribution < 1.29 is 24.2 Å². The largest absolute Gasteiger partial charge is 0.394 e. The molecule has 1 aromatic carbocycles. The summed E-state index contributed by atoms with van der Waals surface area (Å²) in [5, 5.41) is 14.8. The molecule has 1 aliphatic carbocycles. The Bertz CT molecular complexity index is 927. The number of hydrogen-bond donors (Lipinski definition) is 3. The standard InChI is InChI=1S/C26H33N3O5/c30-18-23(28-15-4-5-16-34-22-8-2-1-3-9-22)26(33)29-25(32)20-12-10-19(11-13-20)24(31)21-7-6-14-27-17-21/h6-7,10-14,17,22-23,28,30H,1-5,8-9,15-16,18H2,(H,29,32,33)/t23-/m0/s1. The van der Waals surface area contributed by atoms with Gasteiger partial charge in [0.1, 0.15) is 6.04 Å². The number of rotatable bonds is 12. The summed E-state index contributed by atoms with van der Waals surface area (Å²) < 4.78 is 5.89. The third-order valence-electron chi connectivity index (χ3n) is 5.94. The van der Waals surface area contributed by atoms with E-state index in [1.807, 2.05) is 0 Å². The molecule has 0 unspecified atom stereocenters. The molecule has 0 spiro atoms. The van der Waals surface area contributed by atoms with Crippen molar-refractivity contribution in [3.63, 3.8) is 0 Å². The van der Waals surface area contributed by atoms with E-state index in [1.165, 1.54) is 49.7 Å². The quantitative estimate of drug-likeness (QED) is 0.324. The number of ether oxygens (including phenoxy) is 1. The number of nitrogens with zero attached hydrogens (tertiary/aromatic N) is 1. The van der Waals surface area contributed by atoms with Crippen LogP contribution in [0.25, 0.3) is 0 Å². The Morgan fingerprint density at radius 3 is 2.41 bits per heavy atom. The Morgan fingerprint density at radius 2 is 1.74 bits per heavy atom. The first kappa shape index (κ1) is 25.7. The molecule has 0 aliphatic heterocycles. The van der Waals surface area contributed by atoms with Crippen LogP contribution in [0.5, 0.6) is 0 Å². The molecule has 3 N–H and O–H groups in total. The zero-order valence-corrected chi connectivity index (χ0v) is 19.4. The first-order chi connectivity index (χ1) is 16.6. The van der Waals surface area contributed by atoms with Gasteiger partial charge in [-0.2, -0.15) is 0 Å². The fraction of sp³-hybridized carbons (Fsp3) is 0.462. The highest BCUT2D eigenvalue weighted by Crippen LogP contribution is 2.20. The molecule has 8 nitrogen and oxygen atoms in total. The second kappa shape index (κ2) is 13.7. The number of ketones is 1. The molecule has 1 fully saturated rings. The highest BCUT2D eigenvalue weighted by molar-refractivity contribution is 6.10. The van der Waals surface area contributed by atoms with Gasteiger partial charge in [0, 0.05) is 35.7 Å². The molecular formula is C26H33N3O5. The number of hydrogen-bond acceptors (Lipinski definition) is 7. The summed E-state index contributed by atoms with van der Waals surface area (Å²) in [5.74, 6) is -1.39. The van der Waals surface area contributed by atoms with Gasteiger partial charge < -0.3 is 15.2 Å². The molecule has 3 rings (SSSR count). The summed E-state index contributed by atoms with van der Waals surface area (Å²) in [5.41, 5.74) is 1.11. The third kappa shape index (κ3) is 7.83. The van der Waals surface area contributed by atoms with Gasteiger partial charge in [0.2, 0.25) is 5.91 Å². The summed E-state index contributed by atoms with van der Waals surface area (Å²) in [4.78, 5) is 41.2. The van der Waals surface area contributed by atoms with Gasteiger partial charge in [-0.3, -0.25) is 24.7 Å². The normalized spacial score (nSPS) is 15.0. The molecule has 1 aromatic heterocycles. The van der Waals surface area contributed by atoms with E-state index in [0.717, 1.165) is 25.7 Å². The van der Waals surface area contributed by atoms with Gasteiger partial charge in [0.25, 0.3) is 5.91 Å². The van der Waals surface area contributed by atoms with E-state index in [1.54, 1.807) is 18.3 Å². The zero-order chi connectivity index (χ0) is 24.2. The maximum Gasteiger partial charge on any atom is 0.257 e. The van der Waals surface area contributed by atoms with E-state index in [0.29, 0.717) is 30.4 Å². The van der Waals surface area contributed by atoms with Crippen molar-refractivity contribution in [2.24, 2.45) is 0 Å². The van der Waals surface area contributed by atoms with Crippen LogP contribution in [0, 0.1) is 0 Å². The molecule has 1 heterocycles. The van der Waals surface area contributed by atoms with Crippen LogP contribution >= 0.6 is 0 Å². The molecule has 1 aliphatic rings. The van der Waals surface area contributed by atoms with Gasteiger partial charge in [0.15, 0.2) is 5.78 Å². The monoisotopic (exact) mass is 467 g/mol. The predicted octanol–water partition coefficient (Wildman–Crippen LogP) is 2.65. The molecule has 0 radical (unpaired) electrons. The van der Waals surface area contributed by atoms with Crippen molar-refractivity contribution >= 4 is 17.6 Å². The molecule has 1 saturated carbocycles. The van der Waals surface area contributed by atoms with Crippen LogP contribution in [0.1, 0.15) is 71.2 Å². The minimum atomic E-state index is -0.880. The molecule has 2 amide bonds. The van der Waals surface area contributed by atoms with Crippen LogP contribution in [0.3, 0.4) is 0 Å². The number of aliphatic hydroxyl groups is 1. The second-order valence-corrected chi connectivity index (χ2v) is 8.49. The topological polar surface area (TPSA) is 118 Å². The Balaban J connectivity index is 1.39. The van der Waals surface area contributed by atoms with E-state index in [-0.39, 0.29) is 11.3 Å². The number of unbranched alkanes of at least 4 members (excludes halogenated alkanes) is 1. The minimum absolute atomic E-state index is 0.204. The Kier molecular flexibility index (Phi) is 10.3. The summed E-state index contributed by atoms with van der Waals surface area (Å²) in [6.45, 7) is 0.808. The molecule has 0 saturated heterocycles. The molecule has 2 aromatic rings. The number of aromatic nitrogens is 1. The zero-order valence-electron chi connectivity index (χ0n) is 19.4. The van der Waals surface area contributed by atoms with E-state index in [4.69, 9.17) is 4.74 Å². The second-order valence-electron chi connectivity index (χ2n) is 8.49. The lowest BCUT2D eigenvalue weighted by Gasteiger charge is -2.22. The van der Waals surface area contributed by atoms with Gasteiger partial charge in [-0.05, 0) is 56.5 Å². The van der Waals surface area contributed by atoms with Crippen molar-refractivity contribution in [2.75, 3.05) is 19.8 Å². The molecule has 8 heteroatoms. The highest BCUT2D eigenvalue weighted by Gasteiger charge is 2.20. The maximum absolute atomic E-state index is 12.4. The maximum atomic E-state index is 12.4. The number of aliphatic hydroxyl groups excluding tert-OH is 1. The summed E-state index contributed by atoms with van der Waals surface area (Å²) in [7, 11) is 0.